The molecule has 1 aliphatic carbocycles. The molecule has 1 saturated heterocycles. The quantitative estimate of drug-likeness (QED) is 0.650. The Bertz CT molecular complexity index is 1040. The maximum Gasteiger partial charge on any atom is 0.256 e. The third-order valence-electron chi connectivity index (χ3n) is 6.08. The van der Waals surface area contributed by atoms with Gasteiger partial charge in [0, 0.05) is 12.3 Å². The summed E-state index contributed by atoms with van der Waals surface area (Å²) in [6, 6.07) is 10.3. The number of fused-ring (bicyclic) bond motifs is 2. The lowest BCUT2D eigenvalue weighted by molar-refractivity contribution is 0.0229. The molecule has 5 rings (SSSR count). The van der Waals surface area contributed by atoms with E-state index in [9.17, 15) is 9.18 Å². The van der Waals surface area contributed by atoms with E-state index in [-0.39, 0.29) is 24.0 Å². The molecular weight excluding hydrogens is 385 g/mol. The van der Waals surface area contributed by atoms with Crippen molar-refractivity contribution in [3.8, 4) is 11.6 Å². The number of piperidine rings is 1. The Morgan fingerprint density at radius 2 is 1.97 bits per heavy atom. The number of aryl methyl sites for hydroxylation is 1. The van der Waals surface area contributed by atoms with E-state index in [4.69, 9.17) is 4.74 Å². The topological polar surface area (TPSA) is 73.1 Å². The van der Waals surface area contributed by atoms with Gasteiger partial charge in [0.1, 0.15) is 12.8 Å². The second-order valence-electron chi connectivity index (χ2n) is 7.90. The van der Waals surface area contributed by atoms with Gasteiger partial charge >= 0.3 is 0 Å². The van der Waals surface area contributed by atoms with Gasteiger partial charge in [0.2, 0.25) is 5.88 Å². The fraction of sp³-hybridized carbons (Fsp3) is 0.364. The van der Waals surface area contributed by atoms with Crippen LogP contribution in [0.5, 0.6) is 5.88 Å². The Morgan fingerprint density at radius 3 is 2.70 bits per heavy atom. The fourth-order valence-electron chi connectivity index (χ4n) is 4.71. The van der Waals surface area contributed by atoms with Crippen LogP contribution in [0.2, 0.25) is 0 Å². The van der Waals surface area contributed by atoms with Gasteiger partial charge in [-0.2, -0.15) is 15.0 Å². The first-order valence-electron chi connectivity index (χ1n) is 10.1. The molecule has 3 aromatic rings. The monoisotopic (exact) mass is 407 g/mol. The normalized spacial score (nSPS) is 24.9. The van der Waals surface area contributed by atoms with E-state index < -0.39 is 12.7 Å². The van der Waals surface area contributed by atoms with E-state index in [1.165, 1.54) is 4.80 Å². The minimum absolute atomic E-state index is 0.0781. The Morgan fingerprint density at radius 1 is 1.17 bits per heavy atom. The van der Waals surface area contributed by atoms with Gasteiger partial charge in [0.05, 0.1) is 35.7 Å². The zero-order valence-electron chi connectivity index (χ0n) is 16.6. The number of hydrogen-bond donors (Lipinski definition) is 0. The largest absolute Gasteiger partial charge is 0.472 e. The van der Waals surface area contributed by atoms with E-state index in [1.807, 2.05) is 25.1 Å². The van der Waals surface area contributed by atoms with Crippen molar-refractivity contribution in [3.63, 3.8) is 0 Å². The van der Waals surface area contributed by atoms with Gasteiger partial charge in [0.15, 0.2) is 0 Å². The lowest BCUT2D eigenvalue weighted by Gasteiger charge is -2.38. The van der Waals surface area contributed by atoms with Crippen molar-refractivity contribution in [3.05, 3.63) is 66.1 Å². The highest BCUT2D eigenvalue weighted by Crippen LogP contribution is 2.45. The van der Waals surface area contributed by atoms with Crippen molar-refractivity contribution in [2.24, 2.45) is 5.92 Å². The van der Waals surface area contributed by atoms with Crippen molar-refractivity contribution >= 4 is 5.91 Å². The van der Waals surface area contributed by atoms with E-state index in [0.717, 1.165) is 18.4 Å². The van der Waals surface area contributed by atoms with Crippen LogP contribution in [0.1, 0.15) is 28.8 Å². The van der Waals surface area contributed by atoms with Crippen molar-refractivity contribution in [2.75, 3.05) is 6.67 Å². The number of carbonyl (C=O) groups is 1. The molecule has 3 heterocycles. The zero-order chi connectivity index (χ0) is 20.7. The first kappa shape index (κ1) is 18.7. The molecule has 7 nitrogen and oxygen atoms in total. The van der Waals surface area contributed by atoms with Crippen LogP contribution >= 0.6 is 0 Å². The third-order valence-corrected chi connectivity index (χ3v) is 6.08. The molecule has 154 valence electrons. The van der Waals surface area contributed by atoms with Crippen LogP contribution in [0, 0.1) is 12.8 Å². The molecule has 4 unspecified atom stereocenters. The van der Waals surface area contributed by atoms with Crippen molar-refractivity contribution < 1.29 is 13.9 Å². The van der Waals surface area contributed by atoms with Crippen LogP contribution in [-0.4, -0.2) is 55.6 Å². The second-order valence-corrected chi connectivity index (χ2v) is 7.90. The zero-order valence-corrected chi connectivity index (χ0v) is 16.6. The Kier molecular flexibility index (Phi) is 4.69. The maximum atomic E-state index is 14.0. The number of pyridine rings is 1. The summed E-state index contributed by atoms with van der Waals surface area (Å²) < 4.78 is 20.1. The number of benzene rings is 1. The lowest BCUT2D eigenvalue weighted by atomic mass is 9.97. The van der Waals surface area contributed by atoms with Crippen LogP contribution in [0.4, 0.5) is 4.39 Å². The van der Waals surface area contributed by atoms with E-state index in [1.54, 1.807) is 41.7 Å². The Hall–Kier alpha value is -3.29. The molecule has 2 fully saturated rings. The maximum absolute atomic E-state index is 14.0. The number of amides is 1. The van der Waals surface area contributed by atoms with E-state index in [0.29, 0.717) is 17.1 Å². The smallest absolute Gasteiger partial charge is 0.256 e. The molecule has 0 radical (unpaired) electrons. The SMILES string of the molecule is Cc1ccc(OC2CC3CC2N(C(=O)c2ccccc2-n2nccn2)C3CF)nc1. The molecule has 1 amide bonds. The summed E-state index contributed by atoms with van der Waals surface area (Å²) in [6.07, 6.45) is 6.12. The average molecular weight is 407 g/mol. The van der Waals surface area contributed by atoms with E-state index in [2.05, 4.69) is 15.2 Å². The number of carbonyl (C=O) groups excluding carboxylic acids is 1. The summed E-state index contributed by atoms with van der Waals surface area (Å²) in [5.74, 6) is 0.390. The molecule has 1 saturated carbocycles. The predicted octanol–water partition coefficient (Wildman–Crippen LogP) is 2.99. The molecule has 0 N–H and O–H groups in total. The highest BCUT2D eigenvalue weighted by Gasteiger charge is 2.54. The molecule has 2 aliphatic rings. The number of rotatable bonds is 5. The molecule has 2 aromatic heterocycles. The summed E-state index contributed by atoms with van der Waals surface area (Å²) in [5.41, 5.74) is 2.07. The van der Waals surface area contributed by atoms with Crippen LogP contribution in [0.25, 0.3) is 5.69 Å². The van der Waals surface area contributed by atoms with Gasteiger partial charge in [0.25, 0.3) is 5.91 Å². The van der Waals surface area contributed by atoms with Crippen LogP contribution in [-0.2, 0) is 0 Å². The van der Waals surface area contributed by atoms with Gasteiger partial charge < -0.3 is 9.64 Å². The molecule has 4 atom stereocenters. The molecule has 8 heteroatoms. The molecule has 2 bridgehead atoms. The fourth-order valence-corrected chi connectivity index (χ4v) is 4.71. The standard InChI is InChI=1S/C22H22FN5O2/c1-14-6-7-21(24-13-14)30-20-11-15-10-18(20)27(19(15)12-23)22(29)16-4-2-3-5-17(16)28-25-8-9-26-28/h2-9,13,15,18-20H,10-12H2,1H3. The number of ether oxygens (including phenoxy) is 1. The third kappa shape index (κ3) is 3.12. The first-order valence-corrected chi connectivity index (χ1v) is 10.1. The van der Waals surface area contributed by atoms with Gasteiger partial charge in [-0.15, -0.1) is 0 Å². The number of para-hydroxylation sites is 1. The Balaban J connectivity index is 1.44. The number of hydrogen-bond acceptors (Lipinski definition) is 5. The highest BCUT2D eigenvalue weighted by atomic mass is 19.1. The van der Waals surface area contributed by atoms with Gasteiger partial charge in [-0.1, -0.05) is 18.2 Å². The number of alkyl halides is 1. The van der Waals surface area contributed by atoms with Crippen molar-refractivity contribution in [2.45, 2.75) is 38.0 Å². The van der Waals surface area contributed by atoms with Crippen molar-refractivity contribution in [1.82, 2.24) is 24.9 Å². The van der Waals surface area contributed by atoms with E-state index >= 15 is 0 Å². The minimum Gasteiger partial charge on any atom is -0.472 e. The molecule has 30 heavy (non-hydrogen) atoms. The molecule has 0 spiro atoms. The highest BCUT2D eigenvalue weighted by molar-refractivity contribution is 5.98. The van der Waals surface area contributed by atoms with Crippen LogP contribution in [0.3, 0.4) is 0 Å². The first-order chi connectivity index (χ1) is 14.7. The summed E-state index contributed by atoms with van der Waals surface area (Å²) in [7, 11) is 0. The molecular formula is C22H22FN5O2. The summed E-state index contributed by atoms with van der Waals surface area (Å²) in [5, 5.41) is 8.30. The minimum atomic E-state index is -0.565. The van der Waals surface area contributed by atoms with Gasteiger partial charge in [-0.05, 0) is 43.4 Å². The number of aromatic nitrogens is 4. The van der Waals surface area contributed by atoms with Crippen LogP contribution in [0.15, 0.2) is 55.0 Å². The predicted molar refractivity (Wildman–Crippen MR) is 107 cm³/mol. The summed E-state index contributed by atoms with van der Waals surface area (Å²) in [4.78, 5) is 21.0. The Labute approximate surface area is 173 Å². The molecule has 1 aromatic carbocycles. The average Bonchev–Trinajstić information content (AvgIpc) is 3.51. The number of likely N-dealkylation sites (tertiary alicyclic amines) is 1. The lowest BCUT2D eigenvalue weighted by Crippen LogP contribution is -2.53. The van der Waals surface area contributed by atoms with Crippen molar-refractivity contribution in [1.29, 1.82) is 0 Å². The number of nitrogens with zero attached hydrogens (tertiary/aromatic N) is 5. The second kappa shape index (κ2) is 7.51. The van der Waals surface area contributed by atoms with Crippen LogP contribution < -0.4 is 4.74 Å². The van der Waals surface area contributed by atoms with Gasteiger partial charge in [-0.25, -0.2) is 9.37 Å². The van der Waals surface area contributed by atoms with Gasteiger partial charge in [-0.3, -0.25) is 4.79 Å². The number of halogens is 1. The molecule has 1 aliphatic heterocycles. The summed E-state index contributed by atoms with van der Waals surface area (Å²) >= 11 is 0. The summed E-state index contributed by atoms with van der Waals surface area (Å²) in [6.45, 7) is 1.40.